The predicted molar refractivity (Wildman–Crippen MR) is 104 cm³/mol. The van der Waals surface area contributed by atoms with E-state index in [1.165, 1.54) is 24.6 Å². The number of hydrogen-bond donors (Lipinski definition) is 2. The lowest BCUT2D eigenvalue weighted by Gasteiger charge is -2.15. The van der Waals surface area contributed by atoms with Crippen LogP contribution in [0.15, 0.2) is 35.5 Å². The van der Waals surface area contributed by atoms with Gasteiger partial charge >= 0.3 is 6.03 Å². The summed E-state index contributed by atoms with van der Waals surface area (Å²) < 4.78 is 1.99. The van der Waals surface area contributed by atoms with E-state index in [1.54, 1.807) is 6.92 Å². The van der Waals surface area contributed by atoms with Gasteiger partial charge in [0.05, 0.1) is 12.3 Å². The topological polar surface area (TPSA) is 92.2 Å². The van der Waals surface area contributed by atoms with Crippen molar-refractivity contribution in [3.05, 3.63) is 36.2 Å². The lowest BCUT2D eigenvalue weighted by atomic mass is 10.3. The van der Waals surface area contributed by atoms with Crippen LogP contribution >= 0.6 is 11.8 Å². The van der Waals surface area contributed by atoms with E-state index in [-0.39, 0.29) is 11.7 Å². The Morgan fingerprint density at radius 2 is 1.89 bits per heavy atom. The molecule has 27 heavy (non-hydrogen) atoms. The van der Waals surface area contributed by atoms with E-state index < -0.39 is 6.03 Å². The fraction of sp³-hybridized carbons (Fsp3) is 0.444. The molecule has 3 rings (SSSR count). The molecule has 0 spiro atoms. The third-order valence-corrected chi connectivity index (χ3v) is 5.13. The minimum Gasteiger partial charge on any atom is -0.338 e. The number of urea groups is 1. The van der Waals surface area contributed by atoms with Crippen LogP contribution in [0.25, 0.3) is 5.69 Å². The predicted octanol–water partition coefficient (Wildman–Crippen LogP) is 1.80. The highest BCUT2D eigenvalue weighted by Gasteiger charge is 2.20. The van der Waals surface area contributed by atoms with Crippen LogP contribution < -0.4 is 10.6 Å². The number of nitrogens with zero attached hydrogens (tertiary/aromatic N) is 4. The second-order valence-corrected chi connectivity index (χ2v) is 7.19. The lowest BCUT2D eigenvalue weighted by molar-refractivity contribution is -0.117. The van der Waals surface area contributed by atoms with Crippen LogP contribution in [0.4, 0.5) is 4.79 Å². The number of rotatable bonds is 7. The van der Waals surface area contributed by atoms with Gasteiger partial charge in [-0.05, 0) is 45.0 Å². The van der Waals surface area contributed by atoms with E-state index in [2.05, 4.69) is 25.7 Å². The largest absolute Gasteiger partial charge is 0.338 e. The molecule has 0 atom stereocenters. The maximum Gasteiger partial charge on any atom is 0.321 e. The first kappa shape index (κ1) is 19.4. The van der Waals surface area contributed by atoms with Crippen molar-refractivity contribution < 1.29 is 9.59 Å². The van der Waals surface area contributed by atoms with E-state index in [4.69, 9.17) is 0 Å². The quantitative estimate of drug-likeness (QED) is 0.703. The summed E-state index contributed by atoms with van der Waals surface area (Å²) in [6.07, 6.45) is 2.42. The molecule has 1 aliphatic heterocycles. The van der Waals surface area contributed by atoms with E-state index >= 15 is 0 Å². The Morgan fingerprint density at radius 1 is 1.15 bits per heavy atom. The van der Waals surface area contributed by atoms with Gasteiger partial charge in [-0.15, -0.1) is 10.2 Å². The molecule has 0 bridgehead atoms. The third-order valence-electron chi connectivity index (χ3n) is 4.20. The molecule has 1 aliphatic rings. The van der Waals surface area contributed by atoms with Crippen molar-refractivity contribution in [1.82, 2.24) is 30.3 Å². The second-order valence-electron chi connectivity index (χ2n) is 6.25. The Bertz CT molecular complexity index is 773. The first-order valence-electron chi connectivity index (χ1n) is 9.10. The van der Waals surface area contributed by atoms with Crippen LogP contribution in [0, 0.1) is 0 Å². The minimum absolute atomic E-state index is 0.0891. The monoisotopic (exact) mass is 388 g/mol. The van der Waals surface area contributed by atoms with Gasteiger partial charge < -0.3 is 5.32 Å². The number of para-hydroxylation sites is 1. The number of imide groups is 1. The highest BCUT2D eigenvalue weighted by Crippen LogP contribution is 2.23. The fourth-order valence-corrected chi connectivity index (χ4v) is 3.74. The van der Waals surface area contributed by atoms with Crippen LogP contribution in [-0.4, -0.2) is 57.0 Å². The van der Waals surface area contributed by atoms with Gasteiger partial charge in [0.1, 0.15) is 0 Å². The molecule has 144 valence electrons. The van der Waals surface area contributed by atoms with Crippen LogP contribution in [-0.2, 0) is 11.3 Å². The number of carbonyl (C=O) groups excluding carboxylic acids is 2. The normalized spacial score (nSPS) is 14.3. The summed E-state index contributed by atoms with van der Waals surface area (Å²) in [6.45, 7) is 5.13. The van der Waals surface area contributed by atoms with Crippen molar-refractivity contribution in [3.8, 4) is 5.69 Å². The highest BCUT2D eigenvalue weighted by atomic mass is 32.2. The molecule has 8 nitrogen and oxygen atoms in total. The summed E-state index contributed by atoms with van der Waals surface area (Å²) in [6, 6.07) is 9.39. The summed E-state index contributed by atoms with van der Waals surface area (Å²) in [5, 5.41) is 14.1. The zero-order valence-electron chi connectivity index (χ0n) is 15.4. The average molecular weight is 388 g/mol. The van der Waals surface area contributed by atoms with Crippen LogP contribution in [0.1, 0.15) is 25.6 Å². The molecule has 3 amide bonds. The molecule has 2 heterocycles. The van der Waals surface area contributed by atoms with Gasteiger partial charge in [-0.3, -0.25) is 19.6 Å². The molecule has 0 saturated carbocycles. The zero-order chi connectivity index (χ0) is 19.1. The Hall–Kier alpha value is -2.39. The van der Waals surface area contributed by atoms with Crippen molar-refractivity contribution in [2.24, 2.45) is 0 Å². The maximum absolute atomic E-state index is 12.0. The smallest absolute Gasteiger partial charge is 0.321 e. The van der Waals surface area contributed by atoms with Gasteiger partial charge in [-0.1, -0.05) is 30.0 Å². The van der Waals surface area contributed by atoms with Crippen molar-refractivity contribution >= 4 is 23.7 Å². The fourth-order valence-electron chi connectivity index (χ4n) is 2.97. The lowest BCUT2D eigenvalue weighted by Crippen LogP contribution is -2.40. The third kappa shape index (κ3) is 5.30. The standard InChI is InChI=1S/C18H24N6O2S/c1-2-19-17(26)20-16(25)13-27-18-22-21-15(12-23-10-6-7-11-23)24(18)14-8-4-3-5-9-14/h3-5,8-9H,2,6-7,10-13H2,1H3,(H2,19,20,25,26). The van der Waals surface area contributed by atoms with Gasteiger partial charge in [-0.2, -0.15) is 0 Å². The van der Waals surface area contributed by atoms with Gasteiger partial charge in [-0.25, -0.2) is 4.79 Å². The molecule has 2 aromatic rings. The number of benzene rings is 1. The summed E-state index contributed by atoms with van der Waals surface area (Å²) in [5.74, 6) is 0.579. The van der Waals surface area contributed by atoms with Crippen molar-refractivity contribution in [2.75, 3.05) is 25.4 Å². The van der Waals surface area contributed by atoms with Gasteiger partial charge in [0.15, 0.2) is 11.0 Å². The van der Waals surface area contributed by atoms with E-state index in [0.29, 0.717) is 11.7 Å². The molecule has 9 heteroatoms. The number of hydrogen-bond acceptors (Lipinski definition) is 6. The molecule has 0 unspecified atom stereocenters. The molecular formula is C18H24N6O2S. The number of amides is 3. The molecule has 1 aromatic heterocycles. The summed E-state index contributed by atoms with van der Waals surface area (Å²) in [5.41, 5.74) is 0.961. The van der Waals surface area contributed by atoms with Crippen molar-refractivity contribution in [2.45, 2.75) is 31.5 Å². The van der Waals surface area contributed by atoms with E-state index in [9.17, 15) is 9.59 Å². The number of aromatic nitrogens is 3. The first-order valence-corrected chi connectivity index (χ1v) is 10.1. The number of carbonyl (C=O) groups is 2. The Morgan fingerprint density at radius 3 is 2.59 bits per heavy atom. The first-order chi connectivity index (χ1) is 13.2. The molecular weight excluding hydrogens is 364 g/mol. The SMILES string of the molecule is CCNC(=O)NC(=O)CSc1nnc(CN2CCCC2)n1-c1ccccc1. The van der Waals surface area contributed by atoms with Gasteiger partial charge in [0.2, 0.25) is 5.91 Å². The number of likely N-dealkylation sites (tertiary alicyclic amines) is 1. The highest BCUT2D eigenvalue weighted by molar-refractivity contribution is 7.99. The van der Waals surface area contributed by atoms with Crippen molar-refractivity contribution in [1.29, 1.82) is 0 Å². The van der Waals surface area contributed by atoms with Crippen LogP contribution in [0.3, 0.4) is 0 Å². The van der Waals surface area contributed by atoms with Gasteiger partial charge in [0.25, 0.3) is 0 Å². The van der Waals surface area contributed by atoms with Crippen LogP contribution in [0.5, 0.6) is 0 Å². The summed E-state index contributed by atoms with van der Waals surface area (Å²) >= 11 is 1.27. The summed E-state index contributed by atoms with van der Waals surface area (Å²) in [7, 11) is 0. The van der Waals surface area contributed by atoms with E-state index in [1.807, 2.05) is 34.9 Å². The minimum atomic E-state index is -0.484. The Balaban J connectivity index is 1.73. The summed E-state index contributed by atoms with van der Waals surface area (Å²) in [4.78, 5) is 25.8. The van der Waals surface area contributed by atoms with Gasteiger partial charge in [0, 0.05) is 12.2 Å². The Labute approximate surface area is 162 Å². The Kier molecular flexibility index (Phi) is 6.83. The maximum atomic E-state index is 12.0. The zero-order valence-corrected chi connectivity index (χ0v) is 16.2. The molecule has 1 saturated heterocycles. The molecule has 0 aliphatic carbocycles. The molecule has 2 N–H and O–H groups in total. The number of thioether (sulfide) groups is 1. The van der Waals surface area contributed by atoms with Crippen LogP contribution in [0.2, 0.25) is 0 Å². The second kappa shape index (κ2) is 9.52. The average Bonchev–Trinajstić information content (AvgIpc) is 3.31. The van der Waals surface area contributed by atoms with Crippen molar-refractivity contribution in [3.63, 3.8) is 0 Å². The molecule has 0 radical (unpaired) electrons. The molecule has 1 aromatic carbocycles. The van der Waals surface area contributed by atoms with E-state index in [0.717, 1.165) is 31.1 Å². The number of nitrogens with one attached hydrogen (secondary N) is 2. The molecule has 1 fully saturated rings.